The number of ether oxygens (including phenoxy) is 1. The van der Waals surface area contributed by atoms with Crippen LogP contribution in [-0.2, 0) is 14.3 Å². The van der Waals surface area contributed by atoms with E-state index in [4.69, 9.17) is 10.5 Å². The summed E-state index contributed by atoms with van der Waals surface area (Å²) in [5.74, 6) is -0.985. The van der Waals surface area contributed by atoms with Gasteiger partial charge in [-0.05, 0) is 13.3 Å². The summed E-state index contributed by atoms with van der Waals surface area (Å²) in [5.41, 5.74) is 4.77. The van der Waals surface area contributed by atoms with Crippen LogP contribution in [0.15, 0.2) is 0 Å². The van der Waals surface area contributed by atoms with Crippen LogP contribution in [0.3, 0.4) is 0 Å². The minimum Gasteiger partial charge on any atom is -0.465 e. The first-order chi connectivity index (χ1) is 6.93. The monoisotopic (exact) mass is 215 g/mol. The zero-order valence-electron chi connectivity index (χ0n) is 10.0. The van der Waals surface area contributed by atoms with Gasteiger partial charge in [-0.3, -0.25) is 9.59 Å². The Labute approximate surface area is 91.2 Å². The molecule has 15 heavy (non-hydrogen) atoms. The maximum Gasteiger partial charge on any atom is 0.326 e. The highest BCUT2D eigenvalue weighted by atomic mass is 16.5. The third-order valence-electron chi connectivity index (χ3n) is 2.84. The first-order valence-corrected chi connectivity index (χ1v) is 5.42. The molecular weight excluding hydrogens is 194 g/mol. The van der Waals surface area contributed by atoms with Gasteiger partial charge in [0.25, 0.3) is 0 Å². The largest absolute Gasteiger partial charge is 0.465 e. The zero-order valence-corrected chi connectivity index (χ0v) is 10.0. The fraction of sp³-hybridized carbons (Fsp3) is 0.818. The quantitative estimate of drug-likeness (QED) is 0.677. The topological polar surface area (TPSA) is 69.4 Å². The van der Waals surface area contributed by atoms with Gasteiger partial charge < -0.3 is 10.5 Å². The number of rotatable bonds is 6. The van der Waals surface area contributed by atoms with E-state index in [2.05, 4.69) is 0 Å². The van der Waals surface area contributed by atoms with Crippen molar-refractivity contribution in [3.8, 4) is 0 Å². The second-order valence-corrected chi connectivity index (χ2v) is 3.66. The van der Waals surface area contributed by atoms with Crippen molar-refractivity contribution in [2.24, 2.45) is 11.7 Å². The van der Waals surface area contributed by atoms with E-state index in [0.717, 1.165) is 0 Å². The van der Waals surface area contributed by atoms with E-state index in [1.165, 1.54) is 0 Å². The van der Waals surface area contributed by atoms with Crippen LogP contribution in [0.1, 0.15) is 40.5 Å². The number of carbonyl (C=O) groups excluding carboxylic acids is 2. The van der Waals surface area contributed by atoms with Gasteiger partial charge in [-0.2, -0.15) is 0 Å². The standard InChI is InChI=1S/C11H21NO3/c1-5-9(13)8(4)11(12,6-2)10(14)15-7-3/h8H,5-7,12H2,1-4H3/t8-,11-/m0/s1. The maximum atomic E-state index is 11.7. The number of nitrogens with two attached hydrogens (primary N) is 1. The van der Waals surface area contributed by atoms with Gasteiger partial charge >= 0.3 is 5.97 Å². The predicted octanol–water partition coefficient (Wildman–Crippen LogP) is 1.27. The van der Waals surface area contributed by atoms with E-state index in [0.29, 0.717) is 12.8 Å². The Hall–Kier alpha value is -0.900. The van der Waals surface area contributed by atoms with E-state index < -0.39 is 17.4 Å². The molecule has 0 fully saturated rings. The molecule has 0 aliphatic carbocycles. The molecule has 0 amide bonds. The van der Waals surface area contributed by atoms with Crippen molar-refractivity contribution in [3.63, 3.8) is 0 Å². The predicted molar refractivity (Wildman–Crippen MR) is 58.3 cm³/mol. The molecule has 88 valence electrons. The lowest BCUT2D eigenvalue weighted by Crippen LogP contribution is -2.56. The summed E-state index contributed by atoms with van der Waals surface area (Å²) in [6, 6.07) is 0. The minimum atomic E-state index is -1.18. The minimum absolute atomic E-state index is 0.00703. The fourth-order valence-corrected chi connectivity index (χ4v) is 1.49. The van der Waals surface area contributed by atoms with Crippen LogP contribution in [0.4, 0.5) is 0 Å². The number of esters is 1. The third-order valence-corrected chi connectivity index (χ3v) is 2.84. The van der Waals surface area contributed by atoms with Gasteiger partial charge in [-0.15, -0.1) is 0 Å². The Balaban J connectivity index is 4.83. The highest BCUT2D eigenvalue weighted by Gasteiger charge is 2.42. The molecule has 0 aromatic heterocycles. The molecule has 4 heteroatoms. The van der Waals surface area contributed by atoms with Crippen molar-refractivity contribution >= 4 is 11.8 Å². The van der Waals surface area contributed by atoms with Gasteiger partial charge in [0.1, 0.15) is 11.3 Å². The molecule has 0 saturated carbocycles. The van der Waals surface area contributed by atoms with Crippen LogP contribution in [0.2, 0.25) is 0 Å². The molecule has 0 unspecified atom stereocenters. The van der Waals surface area contributed by atoms with Gasteiger partial charge in [0.2, 0.25) is 0 Å². The fourth-order valence-electron chi connectivity index (χ4n) is 1.49. The van der Waals surface area contributed by atoms with E-state index >= 15 is 0 Å². The molecule has 0 rings (SSSR count). The van der Waals surface area contributed by atoms with Crippen molar-refractivity contribution < 1.29 is 14.3 Å². The van der Waals surface area contributed by atoms with Crippen molar-refractivity contribution in [2.45, 2.75) is 46.1 Å². The van der Waals surface area contributed by atoms with Gasteiger partial charge in [-0.25, -0.2) is 0 Å². The molecule has 0 spiro atoms. The molecule has 0 radical (unpaired) electrons. The number of ketones is 1. The summed E-state index contributed by atoms with van der Waals surface area (Å²) in [5, 5.41) is 0. The van der Waals surface area contributed by atoms with E-state index in [9.17, 15) is 9.59 Å². The smallest absolute Gasteiger partial charge is 0.326 e. The first-order valence-electron chi connectivity index (χ1n) is 5.42. The van der Waals surface area contributed by atoms with Crippen molar-refractivity contribution in [1.29, 1.82) is 0 Å². The normalized spacial score (nSPS) is 16.6. The van der Waals surface area contributed by atoms with Crippen LogP contribution in [0, 0.1) is 5.92 Å². The van der Waals surface area contributed by atoms with Crippen LogP contribution < -0.4 is 5.73 Å². The molecule has 0 bridgehead atoms. The molecule has 0 aliphatic heterocycles. The Morgan fingerprint density at radius 1 is 1.33 bits per heavy atom. The van der Waals surface area contributed by atoms with E-state index in [1.54, 1.807) is 27.7 Å². The number of hydrogen-bond donors (Lipinski definition) is 1. The summed E-state index contributed by atoms with van der Waals surface area (Å²) >= 11 is 0. The molecule has 0 aromatic carbocycles. The lowest BCUT2D eigenvalue weighted by Gasteiger charge is -2.30. The van der Waals surface area contributed by atoms with Crippen LogP contribution in [0.5, 0.6) is 0 Å². The number of carbonyl (C=O) groups is 2. The molecule has 0 aliphatic rings. The highest BCUT2D eigenvalue weighted by Crippen LogP contribution is 2.22. The number of hydrogen-bond acceptors (Lipinski definition) is 4. The summed E-state index contributed by atoms with van der Waals surface area (Å²) < 4.78 is 4.90. The summed E-state index contributed by atoms with van der Waals surface area (Å²) in [6.07, 6.45) is 0.790. The summed E-state index contributed by atoms with van der Waals surface area (Å²) in [7, 11) is 0. The zero-order chi connectivity index (χ0) is 12.1. The van der Waals surface area contributed by atoms with Crippen LogP contribution in [-0.4, -0.2) is 23.9 Å². The van der Waals surface area contributed by atoms with Crippen molar-refractivity contribution in [3.05, 3.63) is 0 Å². The number of Topliss-reactive ketones (excluding diaryl/α,β-unsaturated/α-hetero) is 1. The lowest BCUT2D eigenvalue weighted by atomic mass is 9.80. The SMILES string of the molecule is CCOC(=O)[C@](N)(CC)[C@@H](C)C(=O)CC. The summed E-state index contributed by atoms with van der Waals surface area (Å²) in [6.45, 7) is 7.24. The Morgan fingerprint density at radius 3 is 2.20 bits per heavy atom. The molecular formula is C11H21NO3. The van der Waals surface area contributed by atoms with Gasteiger partial charge in [0.15, 0.2) is 0 Å². The molecule has 0 aromatic rings. The Morgan fingerprint density at radius 2 is 1.87 bits per heavy atom. The van der Waals surface area contributed by atoms with E-state index in [1.807, 2.05) is 0 Å². The lowest BCUT2D eigenvalue weighted by molar-refractivity contribution is -0.154. The summed E-state index contributed by atoms with van der Waals surface area (Å²) in [4.78, 5) is 23.2. The first kappa shape index (κ1) is 14.1. The van der Waals surface area contributed by atoms with Crippen molar-refractivity contribution in [1.82, 2.24) is 0 Å². The molecule has 2 atom stereocenters. The van der Waals surface area contributed by atoms with Crippen molar-refractivity contribution in [2.75, 3.05) is 6.61 Å². The molecule has 4 nitrogen and oxygen atoms in total. The third kappa shape index (κ3) is 3.02. The van der Waals surface area contributed by atoms with Gasteiger partial charge in [-0.1, -0.05) is 20.8 Å². The van der Waals surface area contributed by atoms with Crippen LogP contribution >= 0.6 is 0 Å². The Bertz CT molecular complexity index is 240. The maximum absolute atomic E-state index is 11.7. The highest BCUT2D eigenvalue weighted by molar-refractivity contribution is 5.91. The second-order valence-electron chi connectivity index (χ2n) is 3.66. The molecule has 0 heterocycles. The van der Waals surface area contributed by atoms with Gasteiger partial charge in [0.05, 0.1) is 6.61 Å². The molecule has 2 N–H and O–H groups in total. The van der Waals surface area contributed by atoms with Crippen LogP contribution in [0.25, 0.3) is 0 Å². The molecule has 0 saturated heterocycles. The Kier molecular flexibility index (Phi) is 5.50. The second kappa shape index (κ2) is 5.85. The van der Waals surface area contributed by atoms with E-state index in [-0.39, 0.29) is 12.4 Å². The van der Waals surface area contributed by atoms with Gasteiger partial charge in [0, 0.05) is 12.3 Å². The average Bonchev–Trinajstić information content (AvgIpc) is 2.26. The average molecular weight is 215 g/mol.